The largest absolute Gasteiger partial charge is 0.493 e. The van der Waals surface area contributed by atoms with Crippen molar-refractivity contribution >= 4 is 0 Å². The highest BCUT2D eigenvalue weighted by molar-refractivity contribution is 5.42. The Kier molecular flexibility index (Phi) is 3.77. The lowest BCUT2D eigenvalue weighted by molar-refractivity contribution is 0.278. The SMILES string of the molecule is COc1cc(C)ccc1OC[C@@H](C)N. The van der Waals surface area contributed by atoms with Crippen molar-refractivity contribution in [2.45, 2.75) is 19.9 Å². The van der Waals surface area contributed by atoms with E-state index in [0.29, 0.717) is 6.61 Å². The Bertz CT molecular complexity index is 297. The third-order valence-corrected chi connectivity index (χ3v) is 1.82. The van der Waals surface area contributed by atoms with Gasteiger partial charge < -0.3 is 15.2 Å². The fourth-order valence-corrected chi connectivity index (χ4v) is 1.12. The van der Waals surface area contributed by atoms with E-state index in [4.69, 9.17) is 15.2 Å². The van der Waals surface area contributed by atoms with Gasteiger partial charge in [0.05, 0.1) is 7.11 Å². The lowest BCUT2D eigenvalue weighted by Crippen LogP contribution is -2.23. The average Bonchev–Trinajstić information content (AvgIpc) is 2.15. The molecule has 1 rings (SSSR count). The zero-order valence-corrected chi connectivity index (χ0v) is 8.91. The molecular weight excluding hydrogens is 178 g/mol. The molecule has 3 nitrogen and oxygen atoms in total. The number of nitrogens with two attached hydrogens (primary N) is 1. The van der Waals surface area contributed by atoms with Crippen LogP contribution in [0, 0.1) is 6.92 Å². The second kappa shape index (κ2) is 4.86. The van der Waals surface area contributed by atoms with Crippen molar-refractivity contribution in [2.24, 2.45) is 5.73 Å². The minimum Gasteiger partial charge on any atom is -0.493 e. The van der Waals surface area contributed by atoms with E-state index in [0.717, 1.165) is 17.1 Å². The molecule has 0 bridgehead atoms. The van der Waals surface area contributed by atoms with Gasteiger partial charge in [0.25, 0.3) is 0 Å². The zero-order chi connectivity index (χ0) is 10.6. The third-order valence-electron chi connectivity index (χ3n) is 1.82. The maximum absolute atomic E-state index is 5.60. The number of methoxy groups -OCH3 is 1. The Balaban J connectivity index is 2.75. The Labute approximate surface area is 84.8 Å². The van der Waals surface area contributed by atoms with E-state index in [9.17, 15) is 0 Å². The van der Waals surface area contributed by atoms with Gasteiger partial charge in [-0.2, -0.15) is 0 Å². The molecule has 0 unspecified atom stereocenters. The molecule has 0 amide bonds. The van der Waals surface area contributed by atoms with Crippen LogP contribution in [0.3, 0.4) is 0 Å². The molecule has 0 aliphatic rings. The molecule has 14 heavy (non-hydrogen) atoms. The Morgan fingerprint density at radius 2 is 2.07 bits per heavy atom. The fourth-order valence-electron chi connectivity index (χ4n) is 1.12. The average molecular weight is 195 g/mol. The van der Waals surface area contributed by atoms with E-state index in [-0.39, 0.29) is 6.04 Å². The highest BCUT2D eigenvalue weighted by Gasteiger charge is 2.04. The van der Waals surface area contributed by atoms with Gasteiger partial charge in [0, 0.05) is 6.04 Å². The summed E-state index contributed by atoms with van der Waals surface area (Å²) in [7, 11) is 1.63. The van der Waals surface area contributed by atoms with Crippen molar-refractivity contribution in [1.29, 1.82) is 0 Å². The van der Waals surface area contributed by atoms with Crippen LogP contribution in [-0.2, 0) is 0 Å². The minimum atomic E-state index is 0.0287. The van der Waals surface area contributed by atoms with Gasteiger partial charge >= 0.3 is 0 Å². The molecule has 0 radical (unpaired) electrons. The first-order chi connectivity index (χ1) is 6.63. The Hall–Kier alpha value is -1.22. The topological polar surface area (TPSA) is 44.5 Å². The molecule has 0 heterocycles. The third kappa shape index (κ3) is 2.92. The summed E-state index contributed by atoms with van der Waals surface area (Å²) in [6.45, 7) is 4.41. The molecule has 0 saturated carbocycles. The second-order valence-electron chi connectivity index (χ2n) is 3.44. The predicted octanol–water partition coefficient (Wildman–Crippen LogP) is 1.73. The van der Waals surface area contributed by atoms with Crippen LogP contribution in [0.25, 0.3) is 0 Å². The molecule has 1 aromatic rings. The maximum atomic E-state index is 5.60. The molecule has 1 aromatic carbocycles. The first-order valence-electron chi connectivity index (χ1n) is 4.66. The molecule has 0 saturated heterocycles. The van der Waals surface area contributed by atoms with Crippen LogP contribution in [0.1, 0.15) is 12.5 Å². The molecule has 1 atom stereocenters. The number of benzene rings is 1. The van der Waals surface area contributed by atoms with Crippen LogP contribution in [0.2, 0.25) is 0 Å². The summed E-state index contributed by atoms with van der Waals surface area (Å²) in [5, 5.41) is 0. The minimum absolute atomic E-state index is 0.0287. The van der Waals surface area contributed by atoms with E-state index in [1.54, 1.807) is 7.11 Å². The van der Waals surface area contributed by atoms with Crippen LogP contribution in [0.15, 0.2) is 18.2 Å². The number of aryl methyl sites for hydroxylation is 1. The van der Waals surface area contributed by atoms with Gasteiger partial charge in [-0.3, -0.25) is 0 Å². The van der Waals surface area contributed by atoms with Crippen molar-refractivity contribution in [2.75, 3.05) is 13.7 Å². The lowest BCUT2D eigenvalue weighted by Gasteiger charge is -2.12. The summed E-state index contributed by atoms with van der Waals surface area (Å²) < 4.78 is 10.7. The standard InChI is InChI=1S/C11H17NO2/c1-8-4-5-10(11(6-8)13-3)14-7-9(2)12/h4-6,9H,7,12H2,1-3H3/t9-/m1/s1. The van der Waals surface area contributed by atoms with Crippen LogP contribution in [0.4, 0.5) is 0 Å². The van der Waals surface area contributed by atoms with Crippen LogP contribution in [-0.4, -0.2) is 19.8 Å². The second-order valence-corrected chi connectivity index (χ2v) is 3.44. The molecule has 0 fully saturated rings. The van der Waals surface area contributed by atoms with Gasteiger partial charge in [-0.05, 0) is 31.5 Å². The van der Waals surface area contributed by atoms with Gasteiger partial charge in [-0.25, -0.2) is 0 Å². The number of ether oxygens (including phenoxy) is 2. The van der Waals surface area contributed by atoms with Gasteiger partial charge in [-0.1, -0.05) is 6.07 Å². The monoisotopic (exact) mass is 195 g/mol. The normalized spacial score (nSPS) is 12.3. The molecule has 0 aromatic heterocycles. The smallest absolute Gasteiger partial charge is 0.161 e. The quantitative estimate of drug-likeness (QED) is 0.795. The van der Waals surface area contributed by atoms with Crippen LogP contribution in [0.5, 0.6) is 11.5 Å². The van der Waals surface area contributed by atoms with Crippen LogP contribution < -0.4 is 15.2 Å². The molecule has 0 aliphatic carbocycles. The number of hydrogen-bond donors (Lipinski definition) is 1. The van der Waals surface area contributed by atoms with Crippen molar-refractivity contribution in [3.63, 3.8) is 0 Å². The predicted molar refractivity (Wildman–Crippen MR) is 56.9 cm³/mol. The highest BCUT2D eigenvalue weighted by Crippen LogP contribution is 2.27. The van der Waals surface area contributed by atoms with Crippen molar-refractivity contribution in [3.05, 3.63) is 23.8 Å². The van der Waals surface area contributed by atoms with Crippen molar-refractivity contribution in [3.8, 4) is 11.5 Å². The molecule has 78 valence electrons. The van der Waals surface area contributed by atoms with E-state index in [2.05, 4.69) is 0 Å². The van der Waals surface area contributed by atoms with Gasteiger partial charge in [0.1, 0.15) is 6.61 Å². The lowest BCUT2D eigenvalue weighted by atomic mass is 10.2. The van der Waals surface area contributed by atoms with Crippen LogP contribution >= 0.6 is 0 Å². The first kappa shape index (κ1) is 10.9. The van der Waals surface area contributed by atoms with E-state index in [1.807, 2.05) is 32.0 Å². The Morgan fingerprint density at radius 1 is 1.36 bits per heavy atom. The Morgan fingerprint density at radius 3 is 2.64 bits per heavy atom. The summed E-state index contributed by atoms with van der Waals surface area (Å²) in [5.74, 6) is 1.50. The van der Waals surface area contributed by atoms with Gasteiger partial charge in [0.2, 0.25) is 0 Å². The van der Waals surface area contributed by atoms with Crippen molar-refractivity contribution < 1.29 is 9.47 Å². The highest BCUT2D eigenvalue weighted by atomic mass is 16.5. The first-order valence-corrected chi connectivity index (χ1v) is 4.66. The van der Waals surface area contributed by atoms with Gasteiger partial charge in [-0.15, -0.1) is 0 Å². The fraction of sp³-hybridized carbons (Fsp3) is 0.455. The summed E-state index contributed by atoms with van der Waals surface area (Å²) in [5.41, 5.74) is 6.74. The van der Waals surface area contributed by atoms with E-state index in [1.165, 1.54) is 0 Å². The number of hydrogen-bond acceptors (Lipinski definition) is 3. The van der Waals surface area contributed by atoms with Gasteiger partial charge in [0.15, 0.2) is 11.5 Å². The molecule has 2 N–H and O–H groups in total. The van der Waals surface area contributed by atoms with E-state index < -0.39 is 0 Å². The summed E-state index contributed by atoms with van der Waals surface area (Å²) >= 11 is 0. The molecule has 0 spiro atoms. The zero-order valence-electron chi connectivity index (χ0n) is 8.91. The maximum Gasteiger partial charge on any atom is 0.161 e. The summed E-state index contributed by atoms with van der Waals surface area (Å²) in [4.78, 5) is 0. The van der Waals surface area contributed by atoms with E-state index >= 15 is 0 Å². The molecular formula is C11H17NO2. The molecule has 3 heteroatoms. The molecule has 0 aliphatic heterocycles. The van der Waals surface area contributed by atoms with Crippen molar-refractivity contribution in [1.82, 2.24) is 0 Å². The summed E-state index contributed by atoms with van der Waals surface area (Å²) in [6, 6.07) is 5.85. The number of rotatable bonds is 4. The summed E-state index contributed by atoms with van der Waals surface area (Å²) in [6.07, 6.45) is 0.